The number of aromatic nitrogens is 3. The van der Waals surface area contributed by atoms with Gasteiger partial charge in [0.1, 0.15) is 23.0 Å². The van der Waals surface area contributed by atoms with E-state index in [-0.39, 0.29) is 61.2 Å². The Labute approximate surface area is 440 Å². The number of halogens is 7. The molecule has 0 fully saturated rings. The quantitative estimate of drug-likeness (QED) is 0.0265. The number of carbonyl (C=O) groups excluding carboxylic acids is 3. The van der Waals surface area contributed by atoms with E-state index in [1.54, 1.807) is 11.6 Å². The number of aromatic carboxylic acids is 1. The number of hydrogen-bond donors (Lipinski definition) is 7. The molecular weight excluding hydrogens is 1110 g/mol. The highest BCUT2D eigenvalue weighted by Gasteiger charge is 2.41. The summed E-state index contributed by atoms with van der Waals surface area (Å²) in [4.78, 5) is 85.8. The molecule has 406 valence electrons. The van der Waals surface area contributed by atoms with Gasteiger partial charge in [-0.1, -0.05) is 58.9 Å². The predicted molar refractivity (Wildman–Crippen MR) is 262 cm³/mol. The van der Waals surface area contributed by atoms with Crippen molar-refractivity contribution in [2.75, 3.05) is 37.3 Å². The fourth-order valence-corrected chi connectivity index (χ4v) is 8.60. The minimum absolute atomic E-state index is 0.0233. The molecule has 3 aromatic carbocycles. The molecule has 1 aliphatic heterocycles. The molecular formula is C44H45Cl3F4N7O15PS. The Hall–Kier alpha value is -6.63. The summed E-state index contributed by atoms with van der Waals surface area (Å²) < 4.78 is 103. The number of amides is 4. The van der Waals surface area contributed by atoms with Crippen LogP contribution in [0.2, 0.25) is 15.1 Å². The summed E-state index contributed by atoms with van der Waals surface area (Å²) in [6, 6.07) is 8.98. The van der Waals surface area contributed by atoms with Gasteiger partial charge in [-0.05, 0) is 75.8 Å². The molecule has 1 aromatic heterocycles. The summed E-state index contributed by atoms with van der Waals surface area (Å²) in [5, 5.41) is 21.3. The number of nitrogens with zero attached hydrogens (tertiary/aromatic N) is 4. The van der Waals surface area contributed by atoms with E-state index in [0.717, 1.165) is 29.9 Å². The van der Waals surface area contributed by atoms with Gasteiger partial charge in [0.15, 0.2) is 11.9 Å². The van der Waals surface area contributed by atoms with Crippen LogP contribution in [0.1, 0.15) is 60.8 Å². The van der Waals surface area contributed by atoms with E-state index in [1.807, 2.05) is 0 Å². The van der Waals surface area contributed by atoms with Crippen LogP contribution in [0.15, 0.2) is 64.6 Å². The van der Waals surface area contributed by atoms with Crippen molar-refractivity contribution in [3.8, 4) is 29.9 Å². The maximum absolute atomic E-state index is 14.4. The topological polar surface area (TPSA) is 323 Å². The van der Waals surface area contributed by atoms with E-state index in [1.165, 1.54) is 57.5 Å². The van der Waals surface area contributed by atoms with E-state index in [2.05, 4.69) is 31.5 Å². The van der Waals surface area contributed by atoms with Gasteiger partial charge in [-0.3, -0.25) is 29.6 Å². The van der Waals surface area contributed by atoms with Crippen LogP contribution in [0, 0.1) is 25.1 Å². The van der Waals surface area contributed by atoms with Crippen molar-refractivity contribution >= 4 is 93.8 Å². The number of imide groups is 1. The first-order chi connectivity index (χ1) is 34.9. The third-order valence-corrected chi connectivity index (χ3v) is 12.5. The molecule has 6 rings (SSSR count). The Morgan fingerprint density at radius 1 is 0.933 bits per heavy atom. The minimum atomic E-state index is -4.45. The predicted octanol–water partition coefficient (Wildman–Crippen LogP) is 7.31. The lowest BCUT2D eigenvalue weighted by Crippen LogP contribution is -2.35. The fraction of sp³-hybridized carbons (Fsp3) is 0.318. The van der Waals surface area contributed by atoms with Gasteiger partial charge in [-0.15, -0.1) is 6.42 Å². The van der Waals surface area contributed by atoms with E-state index in [0.29, 0.717) is 24.0 Å². The number of aryl methyl sites for hydroxylation is 2. The monoisotopic (exact) mass is 1160 g/mol. The fourth-order valence-electron chi connectivity index (χ4n) is 6.36. The van der Waals surface area contributed by atoms with Gasteiger partial charge in [-0.25, -0.2) is 32.0 Å². The molecule has 1 unspecified atom stereocenters. The Balaban J connectivity index is 0.000000284. The summed E-state index contributed by atoms with van der Waals surface area (Å²) in [5.41, 5.74) is 0.623. The van der Waals surface area contributed by atoms with Crippen molar-refractivity contribution < 1.29 is 88.7 Å². The van der Waals surface area contributed by atoms with E-state index < -0.39 is 96.1 Å². The summed E-state index contributed by atoms with van der Waals surface area (Å²) in [6.07, 6.45) is 0.676. The van der Waals surface area contributed by atoms with Gasteiger partial charge in [-0.2, -0.15) is 28.1 Å². The Kier molecular flexibility index (Phi) is 23.2. The maximum Gasteiger partial charge on any atom is 0.389 e. The zero-order valence-corrected chi connectivity index (χ0v) is 43.5. The number of terminal acetylenes is 1. The van der Waals surface area contributed by atoms with Crippen molar-refractivity contribution in [3.05, 3.63) is 97.5 Å². The first-order valence-electron chi connectivity index (χ1n) is 21.1. The molecule has 2 aliphatic rings. The molecule has 7 N–H and O–H groups in total. The van der Waals surface area contributed by atoms with Crippen molar-refractivity contribution in [1.29, 1.82) is 0 Å². The molecule has 22 nitrogen and oxygen atoms in total. The number of rotatable bonds is 15. The average Bonchev–Trinajstić information content (AvgIpc) is 3.57. The number of urea groups is 1. The molecule has 2 heterocycles. The second-order valence-corrected chi connectivity index (χ2v) is 19.7. The second-order valence-electron chi connectivity index (χ2n) is 15.1. The Bertz CT molecular complexity index is 3010. The van der Waals surface area contributed by atoms with Crippen LogP contribution in [-0.2, 0) is 35.4 Å². The van der Waals surface area contributed by atoms with Gasteiger partial charge < -0.3 is 34.2 Å². The first-order valence-corrected chi connectivity index (χ1v) is 25.5. The third kappa shape index (κ3) is 19.2. The van der Waals surface area contributed by atoms with Crippen molar-refractivity contribution in [1.82, 2.24) is 25.0 Å². The number of methoxy groups -OCH3 is 2. The van der Waals surface area contributed by atoms with E-state index in [9.17, 15) is 54.5 Å². The van der Waals surface area contributed by atoms with Crippen molar-refractivity contribution in [2.24, 2.45) is 0 Å². The largest absolute Gasteiger partial charge is 0.494 e. The smallest absolute Gasteiger partial charge is 0.389 e. The van der Waals surface area contributed by atoms with Crippen molar-refractivity contribution in [2.45, 2.75) is 69.5 Å². The van der Waals surface area contributed by atoms with E-state index in [4.69, 9.17) is 75.4 Å². The number of hydrogen-bond acceptors (Lipinski definition) is 15. The lowest BCUT2D eigenvalue weighted by molar-refractivity contribution is -0.136. The first kappa shape index (κ1) is 62.7. The molecule has 0 bridgehead atoms. The maximum atomic E-state index is 14.4. The lowest BCUT2D eigenvalue weighted by Gasteiger charge is -2.19. The molecule has 0 saturated carbocycles. The van der Waals surface area contributed by atoms with Crippen LogP contribution in [0.3, 0.4) is 0 Å². The molecule has 4 amide bonds. The standard InChI is InChI=1S/C18H15ClFNO3.C15H16F3N5O4S.C8H6Cl2O3.C3H8NO5P/c1-3-10(2)24-16-9-15(14(20)8-13(16)19)21-17(22)11-6-4-5-7-12(11)18(21)23;1-9-19-12(22-14(20-9)27-2)21-13(24)23-28(25,26)11-6-4-3-5-10(11)7-8-15(16,17)18;1-13-7-5(10)3-2-4(9)6(7)8(11)12;5-3(6)1-4-2-10(7,8)9/h1,8-10H,4-7H2,2H3;3-6H,7-8H2,1-2H3,(H2,19,20,21,22,23,24);2-3H,1H3,(H,11,12);4H,1-2H2,(H,5,6)(H2,7,8,9). The number of sulfonamides is 1. The van der Waals surface area contributed by atoms with Crippen molar-refractivity contribution in [3.63, 3.8) is 0 Å². The molecule has 1 atom stereocenters. The molecule has 0 spiro atoms. The normalized spacial score (nSPS) is 13.5. The Morgan fingerprint density at radius 2 is 1.53 bits per heavy atom. The molecule has 31 heteroatoms. The van der Waals surface area contributed by atoms with Crippen LogP contribution in [0.4, 0.5) is 34.0 Å². The highest BCUT2D eigenvalue weighted by molar-refractivity contribution is 7.90. The number of alkyl halides is 3. The Morgan fingerprint density at radius 3 is 2.05 bits per heavy atom. The molecule has 0 radical (unpaired) electrons. The minimum Gasteiger partial charge on any atom is -0.494 e. The van der Waals surface area contributed by atoms with Crippen LogP contribution in [-0.4, -0.2) is 112 Å². The number of nitrogens with one attached hydrogen (secondary N) is 3. The number of carbonyl (C=O) groups is 5. The number of benzene rings is 3. The van der Waals surface area contributed by atoms with Gasteiger partial charge in [0, 0.05) is 23.6 Å². The SMILES string of the molecule is C#CC(C)Oc1cc(N2C(=O)C3=C(CCCC3)C2=O)c(F)cc1Cl.COc1c(Cl)ccc(Cl)c1C(=O)O.COc1nc(C)nc(NC(=O)NS(=O)(=O)c2ccccc2CCC(F)(F)F)n1.O=C(O)CNCP(=O)(O)O. The highest BCUT2D eigenvalue weighted by atomic mass is 35.5. The van der Waals surface area contributed by atoms with Gasteiger partial charge in [0.05, 0.1) is 52.7 Å². The number of aliphatic carboxylic acids is 1. The van der Waals surface area contributed by atoms with Crippen LogP contribution in [0.25, 0.3) is 0 Å². The highest BCUT2D eigenvalue weighted by Crippen LogP contribution is 2.40. The second kappa shape index (κ2) is 27.8. The molecule has 1 aliphatic carbocycles. The van der Waals surface area contributed by atoms with Gasteiger partial charge in [0.2, 0.25) is 5.95 Å². The lowest BCUT2D eigenvalue weighted by atomic mass is 9.93. The number of carboxylic acids is 2. The summed E-state index contributed by atoms with van der Waals surface area (Å²) in [5.74, 6) is -1.47. The zero-order valence-electron chi connectivity index (χ0n) is 39.5. The van der Waals surface area contributed by atoms with Gasteiger partial charge >= 0.3 is 37.8 Å². The molecule has 75 heavy (non-hydrogen) atoms. The molecule has 4 aromatic rings. The summed E-state index contributed by atoms with van der Waals surface area (Å²) >= 11 is 17.3. The third-order valence-electron chi connectivity index (χ3n) is 9.54. The van der Waals surface area contributed by atoms with Crippen LogP contribution < -0.4 is 34.5 Å². The number of carboxylic acid groups (broad SMARTS) is 2. The zero-order chi connectivity index (χ0) is 56.6. The van der Waals surface area contributed by atoms with E-state index >= 15 is 0 Å². The van der Waals surface area contributed by atoms with Crippen LogP contribution >= 0.6 is 42.4 Å². The number of ether oxygens (including phenoxy) is 3. The number of anilines is 2. The average molecular weight is 1160 g/mol. The van der Waals surface area contributed by atoms with Gasteiger partial charge in [0.25, 0.3) is 21.8 Å². The molecule has 0 saturated heterocycles. The summed E-state index contributed by atoms with van der Waals surface area (Å²) in [7, 11) is -5.90. The van der Waals surface area contributed by atoms with Crippen LogP contribution in [0.5, 0.6) is 17.5 Å². The summed E-state index contributed by atoms with van der Waals surface area (Å²) in [6.45, 7) is 2.69.